The predicted octanol–water partition coefficient (Wildman–Crippen LogP) is 6.42. The number of rotatable bonds is 24. The van der Waals surface area contributed by atoms with Crippen LogP contribution >= 0.6 is 7.82 Å². The second-order valence-corrected chi connectivity index (χ2v) is 9.94. The Balaban J connectivity index is 4.19. The molecule has 40 heavy (non-hydrogen) atoms. The Bertz CT molecular complexity index is 892. The van der Waals surface area contributed by atoms with Crippen molar-refractivity contribution in [2.45, 2.75) is 77.7 Å². The Hall–Kier alpha value is -2.55. The lowest BCUT2D eigenvalue weighted by Crippen LogP contribution is -2.29. The van der Waals surface area contributed by atoms with Crippen molar-refractivity contribution >= 4 is 19.8 Å². The van der Waals surface area contributed by atoms with Crippen LogP contribution in [0.5, 0.6) is 0 Å². The molecule has 0 amide bonds. The van der Waals surface area contributed by atoms with E-state index in [4.69, 9.17) is 19.7 Å². The van der Waals surface area contributed by atoms with Crippen LogP contribution in [0.15, 0.2) is 72.9 Å². The quantitative estimate of drug-likeness (QED) is 0.0752. The number of carbonyl (C=O) groups excluding carboxylic acids is 2. The standard InChI is InChI=1S/C30H48NO8P/c1-3-5-6-7-8-9-10-11-12-13-14-15-16-17-18-19-20-21-22-23-30(33)39-28(26-36-29(32)4-2)27-38-40(34,35)37-25-24-31/h5-6,8-9,11-12,14-15,17-18,20-21,28H,3-4,7,10,13,16,19,22-27,31H2,1-2H3,(H,34,35)/b6-5-,9-8-,12-11-,15-14-,18-17-,21-20-. The molecule has 0 fully saturated rings. The highest BCUT2D eigenvalue weighted by atomic mass is 31.2. The molecular formula is C30H48NO8P. The number of esters is 2. The third-order valence-electron chi connectivity index (χ3n) is 4.92. The van der Waals surface area contributed by atoms with Gasteiger partial charge in [0, 0.05) is 19.4 Å². The average Bonchev–Trinajstić information content (AvgIpc) is 2.94. The largest absolute Gasteiger partial charge is 0.472 e. The fourth-order valence-electron chi connectivity index (χ4n) is 2.87. The lowest BCUT2D eigenvalue weighted by atomic mass is 10.2. The van der Waals surface area contributed by atoms with Gasteiger partial charge in [0.05, 0.1) is 13.2 Å². The highest BCUT2D eigenvalue weighted by Crippen LogP contribution is 2.43. The topological polar surface area (TPSA) is 134 Å². The van der Waals surface area contributed by atoms with Crippen LogP contribution in [0.1, 0.15) is 71.6 Å². The molecule has 2 unspecified atom stereocenters. The first kappa shape index (κ1) is 37.5. The number of hydrogen-bond donors (Lipinski definition) is 2. The second kappa shape index (κ2) is 26.7. The van der Waals surface area contributed by atoms with E-state index in [9.17, 15) is 19.0 Å². The Kier molecular flexibility index (Phi) is 25.0. The zero-order chi connectivity index (χ0) is 29.7. The van der Waals surface area contributed by atoms with Crippen LogP contribution in [0, 0.1) is 0 Å². The van der Waals surface area contributed by atoms with E-state index in [-0.39, 0.29) is 32.6 Å². The molecule has 0 bridgehead atoms. The van der Waals surface area contributed by atoms with Gasteiger partial charge in [-0.25, -0.2) is 4.57 Å². The fourth-order valence-corrected chi connectivity index (χ4v) is 3.64. The van der Waals surface area contributed by atoms with Crippen molar-refractivity contribution in [3.8, 4) is 0 Å². The maximum atomic E-state index is 12.2. The molecule has 0 saturated carbocycles. The van der Waals surface area contributed by atoms with Crippen LogP contribution in [-0.4, -0.2) is 49.3 Å². The molecule has 0 aromatic rings. The predicted molar refractivity (Wildman–Crippen MR) is 159 cm³/mol. The van der Waals surface area contributed by atoms with Crippen LogP contribution < -0.4 is 5.73 Å². The van der Waals surface area contributed by atoms with E-state index in [1.807, 2.05) is 12.2 Å². The molecule has 0 aromatic heterocycles. The van der Waals surface area contributed by atoms with Crippen molar-refractivity contribution in [1.29, 1.82) is 0 Å². The molecule has 226 valence electrons. The maximum absolute atomic E-state index is 12.2. The molecule has 9 nitrogen and oxygen atoms in total. The minimum absolute atomic E-state index is 0.0367. The van der Waals surface area contributed by atoms with Gasteiger partial charge in [-0.3, -0.25) is 18.6 Å². The van der Waals surface area contributed by atoms with E-state index in [0.29, 0.717) is 6.42 Å². The lowest BCUT2D eigenvalue weighted by molar-refractivity contribution is -0.161. The van der Waals surface area contributed by atoms with Crippen molar-refractivity contribution in [2.24, 2.45) is 5.73 Å². The highest BCUT2D eigenvalue weighted by Gasteiger charge is 2.25. The van der Waals surface area contributed by atoms with E-state index in [0.717, 1.165) is 38.5 Å². The molecule has 0 heterocycles. The van der Waals surface area contributed by atoms with E-state index < -0.39 is 32.5 Å². The van der Waals surface area contributed by atoms with Crippen LogP contribution in [0.2, 0.25) is 0 Å². The summed E-state index contributed by atoms with van der Waals surface area (Å²) in [7, 11) is -4.36. The molecule has 10 heteroatoms. The molecule has 0 aromatic carbocycles. The van der Waals surface area contributed by atoms with Gasteiger partial charge < -0.3 is 20.1 Å². The first-order valence-corrected chi connectivity index (χ1v) is 15.4. The molecule has 3 N–H and O–H groups in total. The Labute approximate surface area is 240 Å². The number of phosphoric ester groups is 1. The summed E-state index contributed by atoms with van der Waals surface area (Å²) < 4.78 is 31.5. The summed E-state index contributed by atoms with van der Waals surface area (Å²) in [6, 6.07) is 0. The number of carbonyl (C=O) groups is 2. The van der Waals surface area contributed by atoms with Gasteiger partial charge in [-0.2, -0.15) is 0 Å². The van der Waals surface area contributed by atoms with Gasteiger partial charge in [0.1, 0.15) is 6.61 Å². The maximum Gasteiger partial charge on any atom is 0.472 e. The van der Waals surface area contributed by atoms with E-state index in [1.165, 1.54) is 0 Å². The Morgan fingerprint density at radius 2 is 1.25 bits per heavy atom. The smallest absolute Gasteiger partial charge is 0.462 e. The third kappa shape index (κ3) is 25.7. The first-order valence-electron chi connectivity index (χ1n) is 13.9. The summed E-state index contributed by atoms with van der Waals surface area (Å²) in [5.74, 6) is -1.04. The number of ether oxygens (including phenoxy) is 2. The van der Waals surface area contributed by atoms with Crippen LogP contribution in [-0.2, 0) is 32.7 Å². The van der Waals surface area contributed by atoms with Crippen molar-refractivity contribution in [1.82, 2.24) is 0 Å². The Morgan fingerprint density at radius 1 is 0.750 bits per heavy atom. The average molecular weight is 582 g/mol. The minimum atomic E-state index is -4.36. The van der Waals surface area contributed by atoms with Gasteiger partial charge in [0.15, 0.2) is 6.10 Å². The summed E-state index contributed by atoms with van der Waals surface area (Å²) in [4.78, 5) is 33.2. The van der Waals surface area contributed by atoms with Crippen molar-refractivity contribution < 1.29 is 37.6 Å². The van der Waals surface area contributed by atoms with Gasteiger partial charge in [-0.05, 0) is 44.9 Å². The summed E-state index contributed by atoms with van der Waals surface area (Å²) in [5, 5.41) is 0. The van der Waals surface area contributed by atoms with Gasteiger partial charge in [0.25, 0.3) is 0 Å². The van der Waals surface area contributed by atoms with Gasteiger partial charge >= 0.3 is 19.8 Å². The van der Waals surface area contributed by atoms with E-state index in [1.54, 1.807) is 6.92 Å². The van der Waals surface area contributed by atoms with Crippen molar-refractivity contribution in [3.63, 3.8) is 0 Å². The number of allylic oxidation sites excluding steroid dienone is 12. The van der Waals surface area contributed by atoms with Crippen LogP contribution in [0.25, 0.3) is 0 Å². The third-order valence-corrected chi connectivity index (χ3v) is 5.91. The zero-order valence-electron chi connectivity index (χ0n) is 24.0. The molecule has 0 aliphatic carbocycles. The van der Waals surface area contributed by atoms with Gasteiger partial charge in [-0.15, -0.1) is 0 Å². The molecule has 2 atom stereocenters. The monoisotopic (exact) mass is 581 g/mol. The number of nitrogens with two attached hydrogens (primary N) is 1. The fraction of sp³-hybridized carbons (Fsp3) is 0.533. The van der Waals surface area contributed by atoms with E-state index in [2.05, 4.69) is 72.2 Å². The highest BCUT2D eigenvalue weighted by molar-refractivity contribution is 7.47. The number of hydrogen-bond acceptors (Lipinski definition) is 8. The molecular weight excluding hydrogens is 533 g/mol. The minimum Gasteiger partial charge on any atom is -0.462 e. The zero-order valence-corrected chi connectivity index (χ0v) is 24.9. The second-order valence-electron chi connectivity index (χ2n) is 8.49. The molecule has 0 aliphatic rings. The van der Waals surface area contributed by atoms with Crippen molar-refractivity contribution in [2.75, 3.05) is 26.4 Å². The van der Waals surface area contributed by atoms with Gasteiger partial charge in [-0.1, -0.05) is 86.8 Å². The molecule has 0 saturated heterocycles. The first-order chi connectivity index (χ1) is 19.3. The molecule has 0 radical (unpaired) electrons. The van der Waals surface area contributed by atoms with Gasteiger partial charge in [0.2, 0.25) is 0 Å². The summed E-state index contributed by atoms with van der Waals surface area (Å²) in [5.41, 5.74) is 5.24. The van der Waals surface area contributed by atoms with Crippen LogP contribution in [0.4, 0.5) is 0 Å². The van der Waals surface area contributed by atoms with Crippen molar-refractivity contribution in [3.05, 3.63) is 72.9 Å². The van der Waals surface area contributed by atoms with Crippen LogP contribution in [0.3, 0.4) is 0 Å². The molecule has 0 spiro atoms. The summed E-state index contributed by atoms with van der Waals surface area (Å²) >= 11 is 0. The van der Waals surface area contributed by atoms with E-state index >= 15 is 0 Å². The Morgan fingerprint density at radius 3 is 1.73 bits per heavy atom. The summed E-state index contributed by atoms with van der Waals surface area (Å²) in [6.45, 7) is 2.85. The lowest BCUT2D eigenvalue weighted by Gasteiger charge is -2.19. The SMILES string of the molecule is CC/C=C\C/C=C\C/C=C\C/C=C\C/C=C\C/C=C\CCC(=O)OC(COC(=O)CC)COP(=O)(O)OCCN. The summed E-state index contributed by atoms with van der Waals surface area (Å²) in [6.07, 6.45) is 30.5. The molecule has 0 rings (SSSR count). The normalized spacial score (nSPS) is 14.8. The molecule has 0 aliphatic heterocycles. The number of phosphoric acid groups is 1.